The van der Waals surface area contributed by atoms with Crippen molar-refractivity contribution in [1.29, 1.82) is 0 Å². The molecule has 0 radical (unpaired) electrons. The fourth-order valence-electron chi connectivity index (χ4n) is 1.28. The highest BCUT2D eigenvalue weighted by atomic mass is 32.3. The predicted octanol–water partition coefficient (Wildman–Crippen LogP) is -0.621. The Kier molecular flexibility index (Phi) is 4.74. The summed E-state index contributed by atoms with van der Waals surface area (Å²) in [6.07, 6.45) is 0. The van der Waals surface area contributed by atoms with E-state index in [0.717, 1.165) is 0 Å². The Morgan fingerprint density at radius 3 is 1.88 bits per heavy atom. The molecule has 0 aliphatic heterocycles. The zero-order chi connectivity index (χ0) is 14.0. The van der Waals surface area contributed by atoms with Crippen LogP contribution in [0.2, 0.25) is 0 Å². The Hall–Kier alpha value is -1.52. The average Bonchev–Trinajstić information content (AvgIpc) is 2.28. The van der Waals surface area contributed by atoms with Gasteiger partial charge in [-0.15, -0.1) is 4.68 Å². The number of nitrogens with zero attached hydrogens (tertiary/aromatic N) is 3. The number of aromatic nitrogens is 2. The molecule has 0 aliphatic rings. The van der Waals surface area contributed by atoms with E-state index in [0.29, 0.717) is 11.4 Å². The van der Waals surface area contributed by atoms with Gasteiger partial charge in [0, 0.05) is 6.92 Å². The lowest BCUT2D eigenvalue weighted by atomic mass is 10.3. The van der Waals surface area contributed by atoms with E-state index in [4.69, 9.17) is 17.5 Å². The Bertz CT molecular complexity index is 499. The molecular weight excluding hydrogens is 254 g/mol. The first-order chi connectivity index (χ1) is 7.46. The molecular formula is C7H13N3O6S. The summed E-state index contributed by atoms with van der Waals surface area (Å²) in [5.74, 6) is 0. The van der Waals surface area contributed by atoms with E-state index in [9.17, 15) is 10.1 Å². The zero-order valence-corrected chi connectivity index (χ0v) is 10.6. The Morgan fingerprint density at radius 1 is 1.41 bits per heavy atom. The van der Waals surface area contributed by atoms with E-state index in [1.807, 2.05) is 0 Å². The molecule has 1 rings (SSSR count). The topological polar surface area (TPSA) is 129 Å². The largest absolute Gasteiger partial charge is 0.726 e. The van der Waals surface area contributed by atoms with Crippen molar-refractivity contribution in [3.8, 4) is 0 Å². The van der Waals surface area contributed by atoms with Crippen molar-refractivity contribution in [2.24, 2.45) is 14.1 Å². The van der Waals surface area contributed by atoms with Crippen LogP contribution in [0.25, 0.3) is 0 Å². The smallest absolute Gasteiger partial charge is 0.361 e. The van der Waals surface area contributed by atoms with E-state index in [1.54, 1.807) is 37.3 Å². The number of rotatable bonds is 1. The minimum absolute atomic E-state index is 0.208. The van der Waals surface area contributed by atoms with E-state index in [-0.39, 0.29) is 10.6 Å². The summed E-state index contributed by atoms with van der Waals surface area (Å²) in [4.78, 5) is 10.2. The molecule has 0 atom stereocenters. The molecule has 0 unspecified atom stereocenters. The lowest BCUT2D eigenvalue weighted by Crippen LogP contribution is -2.39. The molecule has 0 amide bonds. The predicted molar refractivity (Wildman–Crippen MR) is 55.0 cm³/mol. The van der Waals surface area contributed by atoms with Crippen LogP contribution in [0.5, 0.6) is 0 Å². The molecule has 17 heavy (non-hydrogen) atoms. The van der Waals surface area contributed by atoms with E-state index in [2.05, 4.69) is 0 Å². The summed E-state index contributed by atoms with van der Waals surface area (Å²) in [6.45, 7) is 3.48. The first kappa shape index (κ1) is 15.5. The highest BCUT2D eigenvalue weighted by Gasteiger charge is 2.29. The third-order valence-electron chi connectivity index (χ3n) is 2.29. The van der Waals surface area contributed by atoms with Crippen molar-refractivity contribution < 1.29 is 27.1 Å². The van der Waals surface area contributed by atoms with Crippen LogP contribution in [0.15, 0.2) is 0 Å². The minimum atomic E-state index is -4.92. The lowest BCUT2D eigenvalue weighted by Gasteiger charge is -1.88. The molecule has 0 spiro atoms. The maximum Gasteiger partial charge on any atom is 0.361 e. The average molecular weight is 267 g/mol. The van der Waals surface area contributed by atoms with Gasteiger partial charge in [0.25, 0.3) is 5.69 Å². The van der Waals surface area contributed by atoms with Gasteiger partial charge in [-0.2, -0.15) is 4.68 Å². The summed E-state index contributed by atoms with van der Waals surface area (Å²) < 4.78 is 36.3. The van der Waals surface area contributed by atoms with Crippen LogP contribution in [0, 0.1) is 24.0 Å². The molecule has 0 aliphatic carbocycles. The van der Waals surface area contributed by atoms with E-state index in [1.165, 1.54) is 0 Å². The van der Waals surface area contributed by atoms with Crippen molar-refractivity contribution in [2.45, 2.75) is 13.8 Å². The second kappa shape index (κ2) is 5.21. The number of hydrogen-bond acceptors (Lipinski definition) is 5. The first-order valence-corrected chi connectivity index (χ1v) is 5.68. The van der Waals surface area contributed by atoms with Gasteiger partial charge >= 0.3 is 5.69 Å². The summed E-state index contributed by atoms with van der Waals surface area (Å²) in [5.41, 5.74) is 1.57. The van der Waals surface area contributed by atoms with Crippen LogP contribution in [-0.4, -0.2) is 27.1 Å². The van der Waals surface area contributed by atoms with Crippen LogP contribution in [0.1, 0.15) is 11.4 Å². The molecule has 9 nitrogen and oxygen atoms in total. The van der Waals surface area contributed by atoms with Crippen LogP contribution in [0.3, 0.4) is 0 Å². The summed E-state index contributed by atoms with van der Waals surface area (Å²) >= 11 is 0. The molecule has 1 heterocycles. The first-order valence-electron chi connectivity index (χ1n) is 4.31. The fraction of sp³-hybridized carbons (Fsp3) is 0.571. The highest BCUT2D eigenvalue weighted by Crippen LogP contribution is 2.18. The second-order valence-electron chi connectivity index (χ2n) is 3.25. The molecule has 1 aromatic rings. The van der Waals surface area contributed by atoms with Crippen LogP contribution in [-0.2, 0) is 24.5 Å². The molecule has 1 N–H and O–H groups in total. The van der Waals surface area contributed by atoms with Crippen LogP contribution >= 0.6 is 0 Å². The molecule has 0 saturated carbocycles. The van der Waals surface area contributed by atoms with Gasteiger partial charge in [0.2, 0.25) is 10.4 Å². The van der Waals surface area contributed by atoms with Crippen LogP contribution < -0.4 is 4.68 Å². The van der Waals surface area contributed by atoms with Crippen molar-refractivity contribution in [2.75, 3.05) is 0 Å². The highest BCUT2D eigenvalue weighted by molar-refractivity contribution is 7.79. The maximum absolute atomic E-state index is 10.6. The molecule has 0 saturated heterocycles. The third-order valence-corrected chi connectivity index (χ3v) is 2.29. The molecule has 1 aromatic heterocycles. The van der Waals surface area contributed by atoms with Gasteiger partial charge in [-0.25, -0.2) is 8.42 Å². The quantitative estimate of drug-likeness (QED) is 0.237. The summed E-state index contributed by atoms with van der Waals surface area (Å²) in [7, 11) is -1.31. The summed E-state index contributed by atoms with van der Waals surface area (Å²) in [5, 5.41) is 10.6. The molecule has 0 bridgehead atoms. The minimum Gasteiger partial charge on any atom is -0.726 e. The van der Waals surface area contributed by atoms with Gasteiger partial charge in [-0.3, -0.25) is 14.7 Å². The Labute approximate surface area is 98.0 Å². The Morgan fingerprint density at radius 2 is 1.76 bits per heavy atom. The van der Waals surface area contributed by atoms with Crippen molar-refractivity contribution >= 4 is 16.1 Å². The second-order valence-corrected chi connectivity index (χ2v) is 4.11. The number of hydrogen-bond donors (Lipinski definition) is 1. The SMILES string of the molecule is Cc1c([N+](=O)[O-])c(C)[n+](C)n1C.O=S(=O)([O-])O. The molecule has 0 aromatic carbocycles. The zero-order valence-electron chi connectivity index (χ0n) is 9.74. The van der Waals surface area contributed by atoms with Crippen molar-refractivity contribution in [1.82, 2.24) is 4.68 Å². The van der Waals surface area contributed by atoms with Crippen molar-refractivity contribution in [3.05, 3.63) is 21.5 Å². The van der Waals surface area contributed by atoms with E-state index < -0.39 is 10.4 Å². The van der Waals surface area contributed by atoms with Gasteiger partial charge in [0.1, 0.15) is 0 Å². The lowest BCUT2D eigenvalue weighted by molar-refractivity contribution is -0.757. The molecule has 0 fully saturated rings. The maximum atomic E-state index is 10.6. The Balaban J connectivity index is 0.000000437. The fourth-order valence-corrected chi connectivity index (χ4v) is 1.28. The van der Waals surface area contributed by atoms with E-state index >= 15 is 0 Å². The molecule has 98 valence electrons. The normalized spacial score (nSPS) is 10.7. The van der Waals surface area contributed by atoms with Crippen LogP contribution in [0.4, 0.5) is 5.69 Å². The van der Waals surface area contributed by atoms with Gasteiger partial charge in [-0.1, -0.05) is 0 Å². The van der Waals surface area contributed by atoms with Gasteiger partial charge in [0.15, 0.2) is 12.7 Å². The van der Waals surface area contributed by atoms with Gasteiger partial charge in [-0.05, 0) is 6.92 Å². The summed E-state index contributed by atoms with van der Waals surface area (Å²) in [6, 6.07) is 0. The molecule has 10 heteroatoms. The van der Waals surface area contributed by atoms with Crippen molar-refractivity contribution in [3.63, 3.8) is 0 Å². The van der Waals surface area contributed by atoms with Gasteiger partial charge < -0.3 is 4.55 Å². The van der Waals surface area contributed by atoms with Gasteiger partial charge in [0.05, 0.1) is 12.0 Å². The standard InChI is InChI=1S/C7H12N3O2.H2O4S/c1-5-7(10(11)12)6(2)9(4)8(5)3;1-5(2,3)4/h1-4H3;(H2,1,2,3,4)/q+1;/p-1. The monoisotopic (exact) mass is 267 g/mol. The third kappa shape index (κ3) is 4.46. The number of nitro groups is 1.